The van der Waals surface area contributed by atoms with Crippen LogP contribution in [-0.2, 0) is 9.53 Å². The maximum atomic E-state index is 10.8. The molecule has 2 nitrogen and oxygen atoms in total. The fraction of sp³-hybridized carbons (Fsp3) is 0.889. The van der Waals surface area contributed by atoms with Gasteiger partial charge < -0.3 is 4.74 Å². The standard InChI is InChI=1S/C9H15BrO2/c1-9(2,3)8(10)6-4-5-7(11)12-6/h6,8H,4-5H2,1-3H3/t6-,8+/m0/s1. The Morgan fingerprint density at radius 1 is 1.58 bits per heavy atom. The molecule has 0 aromatic carbocycles. The van der Waals surface area contributed by atoms with E-state index in [9.17, 15) is 4.79 Å². The first-order valence-corrected chi connectivity index (χ1v) is 5.16. The zero-order valence-corrected chi connectivity index (χ0v) is 9.35. The van der Waals surface area contributed by atoms with E-state index in [-0.39, 0.29) is 22.3 Å². The van der Waals surface area contributed by atoms with E-state index in [4.69, 9.17) is 4.74 Å². The first kappa shape index (κ1) is 10.0. The van der Waals surface area contributed by atoms with Crippen molar-refractivity contribution in [3.63, 3.8) is 0 Å². The molecule has 70 valence electrons. The summed E-state index contributed by atoms with van der Waals surface area (Å²) in [6.45, 7) is 6.41. The quantitative estimate of drug-likeness (QED) is 0.515. The van der Waals surface area contributed by atoms with Gasteiger partial charge in [-0.3, -0.25) is 4.79 Å². The van der Waals surface area contributed by atoms with Crippen molar-refractivity contribution >= 4 is 21.9 Å². The summed E-state index contributed by atoms with van der Waals surface area (Å²) >= 11 is 3.58. The van der Waals surface area contributed by atoms with Gasteiger partial charge in [-0.2, -0.15) is 0 Å². The van der Waals surface area contributed by atoms with Crippen LogP contribution in [0.2, 0.25) is 0 Å². The number of rotatable bonds is 1. The molecule has 1 saturated heterocycles. The molecule has 1 fully saturated rings. The van der Waals surface area contributed by atoms with Crippen molar-refractivity contribution in [3.8, 4) is 0 Å². The molecule has 1 rings (SSSR count). The normalized spacial score (nSPS) is 27.0. The van der Waals surface area contributed by atoms with Gasteiger partial charge in [-0.05, 0) is 11.8 Å². The second-order valence-electron chi connectivity index (χ2n) is 4.33. The Hall–Kier alpha value is -0.0500. The van der Waals surface area contributed by atoms with Gasteiger partial charge in [0.15, 0.2) is 0 Å². The van der Waals surface area contributed by atoms with Crippen LogP contribution in [0.3, 0.4) is 0 Å². The average Bonchev–Trinajstić information content (AvgIpc) is 2.32. The number of halogens is 1. The smallest absolute Gasteiger partial charge is 0.306 e. The first-order chi connectivity index (χ1) is 5.41. The van der Waals surface area contributed by atoms with Crippen molar-refractivity contribution in [1.29, 1.82) is 0 Å². The lowest BCUT2D eigenvalue weighted by molar-refractivity contribution is -0.141. The molecule has 1 heterocycles. The number of hydrogen-bond donors (Lipinski definition) is 0. The summed E-state index contributed by atoms with van der Waals surface area (Å²) in [6, 6.07) is 0. The number of hydrogen-bond acceptors (Lipinski definition) is 2. The molecular weight excluding hydrogens is 220 g/mol. The van der Waals surface area contributed by atoms with Crippen molar-refractivity contribution in [1.82, 2.24) is 0 Å². The maximum Gasteiger partial charge on any atom is 0.306 e. The first-order valence-electron chi connectivity index (χ1n) is 4.25. The predicted octanol–water partition coefficient (Wildman–Crippen LogP) is 2.50. The maximum absolute atomic E-state index is 10.8. The largest absolute Gasteiger partial charge is 0.461 e. The SMILES string of the molecule is CC(C)(C)[C@H](Br)[C@@H]1CCC(=O)O1. The molecule has 0 N–H and O–H groups in total. The van der Waals surface area contributed by atoms with Crippen LogP contribution in [0.4, 0.5) is 0 Å². The minimum absolute atomic E-state index is 0.0614. The molecule has 3 heteroatoms. The van der Waals surface area contributed by atoms with E-state index >= 15 is 0 Å². The Morgan fingerprint density at radius 3 is 2.50 bits per heavy atom. The van der Waals surface area contributed by atoms with Crippen LogP contribution in [0.1, 0.15) is 33.6 Å². The van der Waals surface area contributed by atoms with Crippen LogP contribution in [0.15, 0.2) is 0 Å². The lowest BCUT2D eigenvalue weighted by Crippen LogP contribution is -2.32. The number of carbonyl (C=O) groups excluding carboxylic acids is 1. The van der Waals surface area contributed by atoms with E-state index in [0.29, 0.717) is 6.42 Å². The summed E-state index contributed by atoms with van der Waals surface area (Å²) in [5.41, 5.74) is 0.148. The van der Waals surface area contributed by atoms with Gasteiger partial charge in [-0.25, -0.2) is 0 Å². The van der Waals surface area contributed by atoms with Gasteiger partial charge in [0.2, 0.25) is 0 Å². The third-order valence-corrected chi connectivity index (χ3v) is 4.03. The molecule has 0 aliphatic carbocycles. The van der Waals surface area contributed by atoms with Crippen molar-refractivity contribution < 1.29 is 9.53 Å². The van der Waals surface area contributed by atoms with E-state index in [1.54, 1.807) is 0 Å². The van der Waals surface area contributed by atoms with Crippen molar-refractivity contribution in [3.05, 3.63) is 0 Å². The van der Waals surface area contributed by atoms with Crippen LogP contribution in [0, 0.1) is 5.41 Å². The van der Waals surface area contributed by atoms with Crippen molar-refractivity contribution in [2.75, 3.05) is 0 Å². The molecule has 0 saturated carbocycles. The molecular formula is C9H15BrO2. The second-order valence-corrected chi connectivity index (χ2v) is 5.32. The average molecular weight is 235 g/mol. The fourth-order valence-electron chi connectivity index (χ4n) is 1.31. The third kappa shape index (κ3) is 2.22. The highest BCUT2D eigenvalue weighted by Gasteiger charge is 2.36. The Bertz CT molecular complexity index is 183. The van der Waals surface area contributed by atoms with Crippen LogP contribution in [0.25, 0.3) is 0 Å². The van der Waals surface area contributed by atoms with E-state index in [1.807, 2.05) is 0 Å². The van der Waals surface area contributed by atoms with E-state index in [0.717, 1.165) is 6.42 Å². The topological polar surface area (TPSA) is 26.3 Å². The molecule has 0 aromatic rings. The summed E-state index contributed by atoms with van der Waals surface area (Å²) in [6.07, 6.45) is 1.49. The Morgan fingerprint density at radius 2 is 2.17 bits per heavy atom. The van der Waals surface area contributed by atoms with Crippen LogP contribution < -0.4 is 0 Å². The molecule has 0 radical (unpaired) electrons. The van der Waals surface area contributed by atoms with Gasteiger partial charge >= 0.3 is 5.97 Å². The Labute approximate surface area is 81.8 Å². The van der Waals surface area contributed by atoms with Gasteiger partial charge in [-0.15, -0.1) is 0 Å². The zero-order valence-electron chi connectivity index (χ0n) is 7.76. The number of carbonyl (C=O) groups is 1. The molecule has 1 aliphatic heterocycles. The van der Waals surface area contributed by atoms with Crippen molar-refractivity contribution in [2.24, 2.45) is 5.41 Å². The number of esters is 1. The molecule has 0 aromatic heterocycles. The molecule has 0 unspecified atom stereocenters. The molecule has 0 spiro atoms. The third-order valence-electron chi connectivity index (χ3n) is 2.07. The number of ether oxygens (including phenoxy) is 1. The lowest BCUT2D eigenvalue weighted by Gasteiger charge is -2.29. The molecule has 0 amide bonds. The Kier molecular flexibility index (Phi) is 2.81. The zero-order chi connectivity index (χ0) is 9.35. The van der Waals surface area contributed by atoms with Gasteiger partial charge in [0.1, 0.15) is 6.10 Å². The van der Waals surface area contributed by atoms with Gasteiger partial charge in [0, 0.05) is 6.42 Å². The number of alkyl halides is 1. The van der Waals surface area contributed by atoms with Crippen LogP contribution in [0.5, 0.6) is 0 Å². The summed E-state index contributed by atoms with van der Waals surface area (Å²) in [5, 5.41) is 0. The highest BCUT2D eigenvalue weighted by atomic mass is 79.9. The fourth-order valence-corrected chi connectivity index (χ4v) is 1.68. The lowest BCUT2D eigenvalue weighted by atomic mass is 9.88. The van der Waals surface area contributed by atoms with Crippen LogP contribution in [-0.4, -0.2) is 16.9 Å². The van der Waals surface area contributed by atoms with E-state index in [2.05, 4.69) is 36.7 Å². The summed E-state index contributed by atoms with van der Waals surface area (Å²) in [4.78, 5) is 11.1. The summed E-state index contributed by atoms with van der Waals surface area (Å²) in [5.74, 6) is -0.0614. The highest BCUT2D eigenvalue weighted by molar-refractivity contribution is 9.09. The highest BCUT2D eigenvalue weighted by Crippen LogP contribution is 2.34. The van der Waals surface area contributed by atoms with E-state index < -0.39 is 0 Å². The predicted molar refractivity (Wildman–Crippen MR) is 51.3 cm³/mol. The number of cyclic esters (lactones) is 1. The summed E-state index contributed by atoms with van der Waals surface area (Å²) in [7, 11) is 0. The monoisotopic (exact) mass is 234 g/mol. The molecule has 12 heavy (non-hydrogen) atoms. The summed E-state index contributed by atoms with van der Waals surface area (Å²) < 4.78 is 5.16. The minimum atomic E-state index is -0.0614. The molecule has 2 atom stereocenters. The van der Waals surface area contributed by atoms with Gasteiger partial charge in [0.05, 0.1) is 4.83 Å². The van der Waals surface area contributed by atoms with Crippen LogP contribution >= 0.6 is 15.9 Å². The van der Waals surface area contributed by atoms with E-state index in [1.165, 1.54) is 0 Å². The minimum Gasteiger partial charge on any atom is -0.461 e. The van der Waals surface area contributed by atoms with Crippen molar-refractivity contribution in [2.45, 2.75) is 44.5 Å². The molecule has 1 aliphatic rings. The Balaban J connectivity index is 2.54. The van der Waals surface area contributed by atoms with Gasteiger partial charge in [0.25, 0.3) is 0 Å². The molecule has 0 bridgehead atoms. The van der Waals surface area contributed by atoms with Gasteiger partial charge in [-0.1, -0.05) is 36.7 Å². The second kappa shape index (κ2) is 3.36.